The molecule has 1 atom stereocenters. The maximum atomic E-state index is 13.2. The number of rotatable bonds is 9. The Balaban J connectivity index is 2.04. The molecular weight excluding hydrogens is 406 g/mol. The number of pyridine rings is 1. The molecule has 1 aliphatic rings. The van der Waals surface area contributed by atoms with Crippen LogP contribution in [0.1, 0.15) is 63.5 Å². The number of nitrogens with zero attached hydrogens (tertiary/aromatic N) is 2. The third-order valence-electron chi connectivity index (χ3n) is 5.60. The van der Waals surface area contributed by atoms with Gasteiger partial charge in [0.15, 0.2) is 0 Å². The quantitative estimate of drug-likeness (QED) is 0.242. The van der Waals surface area contributed by atoms with Gasteiger partial charge in [0.25, 0.3) is 5.69 Å². The van der Waals surface area contributed by atoms with Crippen molar-refractivity contribution in [1.82, 2.24) is 10.3 Å². The molecule has 0 bridgehead atoms. The van der Waals surface area contributed by atoms with Crippen molar-refractivity contribution in [2.45, 2.75) is 52.4 Å². The fourth-order valence-electron chi connectivity index (χ4n) is 4.09. The number of benzene rings is 1. The van der Waals surface area contributed by atoms with Gasteiger partial charge in [-0.15, -0.1) is 0 Å². The second-order valence-corrected chi connectivity index (χ2v) is 7.93. The molecule has 0 spiro atoms. The number of unbranched alkanes of at least 4 members (excludes halogenated alkanes) is 3. The monoisotopic (exact) mass is 435 g/mol. The number of carbonyl (C=O) groups is 1. The van der Waals surface area contributed by atoms with Crippen LogP contribution in [-0.2, 0) is 9.53 Å². The highest BCUT2D eigenvalue weighted by Gasteiger charge is 2.35. The number of allylic oxidation sites excluding steroid dienone is 3. The van der Waals surface area contributed by atoms with Crippen LogP contribution in [0.15, 0.2) is 65.8 Å². The second kappa shape index (κ2) is 10.7. The highest BCUT2D eigenvalue weighted by atomic mass is 16.6. The van der Waals surface area contributed by atoms with Crippen molar-refractivity contribution in [3.8, 4) is 0 Å². The third kappa shape index (κ3) is 5.22. The van der Waals surface area contributed by atoms with Gasteiger partial charge in [-0.05, 0) is 43.0 Å². The van der Waals surface area contributed by atoms with E-state index in [0.717, 1.165) is 42.5 Å². The second-order valence-electron chi connectivity index (χ2n) is 7.93. The first-order valence-electron chi connectivity index (χ1n) is 10.9. The molecular formula is C25H29N3O4. The summed E-state index contributed by atoms with van der Waals surface area (Å²) >= 11 is 0. The molecule has 7 nitrogen and oxygen atoms in total. The molecule has 168 valence electrons. The van der Waals surface area contributed by atoms with Crippen LogP contribution in [0.4, 0.5) is 5.69 Å². The highest BCUT2D eigenvalue weighted by molar-refractivity contribution is 5.97. The minimum atomic E-state index is -0.511. The first kappa shape index (κ1) is 23.2. The molecule has 1 aromatic carbocycles. The van der Waals surface area contributed by atoms with Gasteiger partial charge in [-0.25, -0.2) is 4.79 Å². The van der Waals surface area contributed by atoms with E-state index in [9.17, 15) is 14.9 Å². The van der Waals surface area contributed by atoms with Crippen molar-refractivity contribution in [3.63, 3.8) is 0 Å². The molecule has 1 aliphatic heterocycles. The molecule has 1 N–H and O–H groups in total. The average molecular weight is 436 g/mol. The van der Waals surface area contributed by atoms with Gasteiger partial charge in [0.2, 0.25) is 0 Å². The van der Waals surface area contributed by atoms with Gasteiger partial charge in [-0.2, -0.15) is 0 Å². The van der Waals surface area contributed by atoms with Crippen molar-refractivity contribution < 1.29 is 14.5 Å². The molecule has 0 saturated heterocycles. The van der Waals surface area contributed by atoms with E-state index in [2.05, 4.69) is 17.2 Å². The van der Waals surface area contributed by atoms with Crippen LogP contribution in [0.2, 0.25) is 0 Å². The zero-order valence-corrected chi connectivity index (χ0v) is 18.8. The largest absolute Gasteiger partial charge is 0.462 e. The summed E-state index contributed by atoms with van der Waals surface area (Å²) in [6.45, 7) is 6.25. The molecule has 7 heteroatoms. The summed E-state index contributed by atoms with van der Waals surface area (Å²) in [5.41, 5.74) is 4.35. The van der Waals surface area contributed by atoms with Crippen molar-refractivity contribution in [3.05, 3.63) is 87.0 Å². The number of dihydropyridines is 1. The van der Waals surface area contributed by atoms with E-state index in [1.54, 1.807) is 18.5 Å². The van der Waals surface area contributed by atoms with Gasteiger partial charge in [0.1, 0.15) is 0 Å². The lowest BCUT2D eigenvalue weighted by atomic mass is 9.78. The summed E-state index contributed by atoms with van der Waals surface area (Å²) in [6.07, 6.45) is 7.45. The number of hydrogen-bond acceptors (Lipinski definition) is 6. The van der Waals surface area contributed by atoms with Gasteiger partial charge in [0.05, 0.1) is 17.1 Å². The summed E-state index contributed by atoms with van der Waals surface area (Å²) < 4.78 is 5.64. The Hall–Kier alpha value is -3.48. The van der Waals surface area contributed by atoms with E-state index in [-0.39, 0.29) is 5.69 Å². The first-order chi connectivity index (χ1) is 15.4. The molecule has 0 radical (unpaired) electrons. The molecule has 32 heavy (non-hydrogen) atoms. The minimum absolute atomic E-state index is 0.0193. The predicted molar refractivity (Wildman–Crippen MR) is 124 cm³/mol. The van der Waals surface area contributed by atoms with Gasteiger partial charge in [0, 0.05) is 41.8 Å². The van der Waals surface area contributed by atoms with E-state index in [0.29, 0.717) is 23.4 Å². The molecule has 2 aromatic rings. The molecule has 1 aromatic heterocycles. The Morgan fingerprint density at radius 1 is 1.16 bits per heavy atom. The van der Waals surface area contributed by atoms with E-state index >= 15 is 0 Å². The number of nitrogens with one attached hydrogen (secondary N) is 1. The molecule has 0 aliphatic carbocycles. The van der Waals surface area contributed by atoms with Crippen LogP contribution in [0.5, 0.6) is 0 Å². The van der Waals surface area contributed by atoms with Crippen LogP contribution in [0, 0.1) is 10.1 Å². The minimum Gasteiger partial charge on any atom is -0.462 e. The Bertz CT molecular complexity index is 1040. The number of ether oxygens (including phenoxy) is 1. The van der Waals surface area contributed by atoms with Crippen molar-refractivity contribution in [1.29, 1.82) is 0 Å². The fraction of sp³-hybridized carbons (Fsp3) is 0.360. The molecule has 0 saturated carbocycles. The first-order valence-corrected chi connectivity index (χ1v) is 10.9. The van der Waals surface area contributed by atoms with E-state index < -0.39 is 16.8 Å². The molecule has 0 fully saturated rings. The predicted octanol–water partition coefficient (Wildman–Crippen LogP) is 5.51. The summed E-state index contributed by atoms with van der Waals surface area (Å²) in [5.74, 6) is -0.916. The Kier molecular flexibility index (Phi) is 7.76. The van der Waals surface area contributed by atoms with E-state index in [1.165, 1.54) is 12.1 Å². The highest BCUT2D eigenvalue weighted by Crippen LogP contribution is 2.44. The van der Waals surface area contributed by atoms with Crippen molar-refractivity contribution in [2.75, 3.05) is 6.61 Å². The molecule has 1 unspecified atom stereocenters. The molecule has 3 rings (SSSR count). The lowest BCUT2D eigenvalue weighted by Crippen LogP contribution is -2.28. The van der Waals surface area contributed by atoms with E-state index in [4.69, 9.17) is 4.74 Å². The third-order valence-corrected chi connectivity index (χ3v) is 5.60. The normalized spacial score (nSPS) is 16.0. The lowest BCUT2D eigenvalue weighted by Gasteiger charge is -2.31. The van der Waals surface area contributed by atoms with Crippen molar-refractivity contribution in [2.24, 2.45) is 0 Å². The number of nitro benzene ring substituents is 1. The van der Waals surface area contributed by atoms with Crippen molar-refractivity contribution >= 4 is 17.2 Å². The van der Waals surface area contributed by atoms with Crippen LogP contribution in [0.25, 0.3) is 5.57 Å². The topological polar surface area (TPSA) is 94.4 Å². The average Bonchev–Trinajstić information content (AvgIpc) is 2.79. The standard InChI is InChI=1S/C25H29N3O4/c1-4-5-6-7-14-32-25(29)23-18(3)27-17(2)22(20-11-9-13-26-16-20)24(23)19-10-8-12-21(15-19)28(30)31/h8-13,15-16,24,27H,4-7,14H2,1-3H3. The zero-order valence-electron chi connectivity index (χ0n) is 18.8. The number of nitro groups is 1. The summed E-state index contributed by atoms with van der Waals surface area (Å²) in [5, 5.41) is 14.7. The van der Waals surface area contributed by atoms with Gasteiger partial charge >= 0.3 is 5.97 Å². The summed E-state index contributed by atoms with van der Waals surface area (Å²) in [6, 6.07) is 10.2. The van der Waals surface area contributed by atoms with Gasteiger partial charge in [-0.1, -0.05) is 44.4 Å². The van der Waals surface area contributed by atoms with Gasteiger partial charge < -0.3 is 10.1 Å². The number of aromatic nitrogens is 1. The number of hydrogen-bond donors (Lipinski definition) is 1. The summed E-state index contributed by atoms with van der Waals surface area (Å²) in [4.78, 5) is 28.5. The van der Waals surface area contributed by atoms with E-state index in [1.807, 2.05) is 32.0 Å². The van der Waals surface area contributed by atoms with Crippen LogP contribution >= 0.6 is 0 Å². The molecule has 0 amide bonds. The maximum Gasteiger partial charge on any atom is 0.336 e. The SMILES string of the molecule is CCCCCCOC(=O)C1=C(C)NC(C)=C(c2cccnc2)C1c1cccc([N+](=O)[O-])c1. The Labute approximate surface area is 188 Å². The maximum absolute atomic E-state index is 13.2. The smallest absolute Gasteiger partial charge is 0.336 e. The lowest BCUT2D eigenvalue weighted by molar-refractivity contribution is -0.384. The number of esters is 1. The van der Waals surface area contributed by atoms with Gasteiger partial charge in [-0.3, -0.25) is 15.1 Å². The number of carbonyl (C=O) groups excluding carboxylic acids is 1. The Morgan fingerprint density at radius 2 is 1.97 bits per heavy atom. The fourth-order valence-corrected chi connectivity index (χ4v) is 4.09. The zero-order chi connectivity index (χ0) is 23.1. The Morgan fingerprint density at radius 3 is 2.66 bits per heavy atom. The van der Waals surface area contributed by atoms with Crippen LogP contribution in [0.3, 0.4) is 0 Å². The summed E-state index contributed by atoms with van der Waals surface area (Å²) in [7, 11) is 0. The van der Waals surface area contributed by atoms with Crippen LogP contribution < -0.4 is 5.32 Å². The number of non-ortho nitro benzene ring substituents is 1. The molecule has 2 heterocycles. The van der Waals surface area contributed by atoms with Crippen LogP contribution in [-0.4, -0.2) is 22.5 Å².